The van der Waals surface area contributed by atoms with Crippen LogP contribution in [0.1, 0.15) is 49.1 Å². The molecule has 0 N–H and O–H groups in total. The first-order valence-electron chi connectivity index (χ1n) is 5.93. The lowest BCUT2D eigenvalue weighted by Gasteiger charge is -2.22. The van der Waals surface area contributed by atoms with Crippen molar-refractivity contribution in [3.05, 3.63) is 29.3 Å². The molecule has 0 radical (unpaired) electrons. The van der Waals surface area contributed by atoms with Gasteiger partial charge in [-0.1, -0.05) is 25.3 Å². The van der Waals surface area contributed by atoms with Crippen molar-refractivity contribution < 1.29 is 4.74 Å². The number of rotatable bonds is 2. The van der Waals surface area contributed by atoms with Gasteiger partial charge in [-0.2, -0.15) is 5.26 Å². The van der Waals surface area contributed by atoms with E-state index in [4.69, 9.17) is 10.00 Å². The summed E-state index contributed by atoms with van der Waals surface area (Å²) < 4.78 is 5.16. The Morgan fingerprint density at radius 3 is 2.62 bits per heavy atom. The van der Waals surface area contributed by atoms with Crippen molar-refractivity contribution in [1.29, 1.82) is 5.26 Å². The Kier molecular flexibility index (Phi) is 3.46. The van der Waals surface area contributed by atoms with Crippen LogP contribution in [0.25, 0.3) is 0 Å². The molecule has 0 spiro atoms. The number of hydrogen-bond donors (Lipinski definition) is 0. The van der Waals surface area contributed by atoms with Crippen LogP contribution in [0.5, 0.6) is 5.75 Å². The molecule has 0 amide bonds. The fraction of sp³-hybridized carbons (Fsp3) is 0.500. The Balaban J connectivity index is 2.25. The maximum absolute atomic E-state index is 9.04. The van der Waals surface area contributed by atoms with E-state index in [-0.39, 0.29) is 0 Å². The first-order chi connectivity index (χ1) is 7.85. The van der Waals surface area contributed by atoms with E-state index in [1.807, 2.05) is 12.1 Å². The topological polar surface area (TPSA) is 33.0 Å². The molecule has 2 nitrogen and oxygen atoms in total. The lowest BCUT2D eigenvalue weighted by atomic mass is 9.83. The molecule has 1 aliphatic carbocycles. The van der Waals surface area contributed by atoms with Gasteiger partial charge in [0.15, 0.2) is 0 Å². The van der Waals surface area contributed by atoms with E-state index in [0.29, 0.717) is 17.2 Å². The van der Waals surface area contributed by atoms with Crippen LogP contribution in [-0.2, 0) is 0 Å². The summed E-state index contributed by atoms with van der Waals surface area (Å²) in [5, 5.41) is 9.04. The Labute approximate surface area is 96.9 Å². The molecule has 0 aliphatic heterocycles. The van der Waals surface area contributed by atoms with Crippen molar-refractivity contribution in [1.82, 2.24) is 0 Å². The number of hydrogen-bond acceptors (Lipinski definition) is 2. The molecule has 2 heteroatoms. The average molecular weight is 215 g/mol. The number of benzene rings is 1. The van der Waals surface area contributed by atoms with Crippen molar-refractivity contribution in [2.45, 2.75) is 38.0 Å². The van der Waals surface area contributed by atoms with E-state index < -0.39 is 0 Å². The lowest BCUT2D eigenvalue weighted by molar-refractivity contribution is 0.411. The average Bonchev–Trinajstić information content (AvgIpc) is 2.39. The molecule has 1 aliphatic rings. The minimum absolute atomic E-state index is 0.645. The molecule has 0 aromatic heterocycles. The van der Waals surface area contributed by atoms with Crippen LogP contribution in [-0.4, -0.2) is 7.11 Å². The van der Waals surface area contributed by atoms with Gasteiger partial charge in [-0.15, -0.1) is 0 Å². The normalized spacial score (nSPS) is 16.8. The summed E-state index contributed by atoms with van der Waals surface area (Å²) in [6, 6.07) is 8.22. The Morgan fingerprint density at radius 2 is 2.00 bits per heavy atom. The van der Waals surface area contributed by atoms with E-state index in [1.165, 1.54) is 37.7 Å². The summed E-state index contributed by atoms with van der Waals surface area (Å²) >= 11 is 0. The molecule has 84 valence electrons. The third kappa shape index (κ3) is 2.19. The largest absolute Gasteiger partial charge is 0.495 e. The zero-order valence-electron chi connectivity index (χ0n) is 9.70. The molecule has 0 saturated heterocycles. The lowest BCUT2D eigenvalue weighted by Crippen LogP contribution is -2.05. The molecule has 1 fully saturated rings. The van der Waals surface area contributed by atoms with E-state index in [2.05, 4.69) is 12.1 Å². The molecule has 0 unspecified atom stereocenters. The molecule has 0 heterocycles. The third-order valence-electron chi connectivity index (χ3n) is 3.42. The zero-order chi connectivity index (χ0) is 11.4. The highest BCUT2D eigenvalue weighted by Gasteiger charge is 2.16. The van der Waals surface area contributed by atoms with Gasteiger partial charge in [-0.05, 0) is 36.5 Å². The quantitative estimate of drug-likeness (QED) is 0.755. The Hall–Kier alpha value is -1.49. The van der Waals surface area contributed by atoms with Crippen LogP contribution in [0, 0.1) is 11.3 Å². The molecule has 0 bridgehead atoms. The third-order valence-corrected chi connectivity index (χ3v) is 3.42. The number of nitriles is 1. The summed E-state index contributed by atoms with van der Waals surface area (Å²) in [6.45, 7) is 0. The molecule has 1 aromatic rings. The predicted octanol–water partition coefficient (Wildman–Crippen LogP) is 3.61. The monoisotopic (exact) mass is 215 g/mol. The predicted molar refractivity (Wildman–Crippen MR) is 63.5 cm³/mol. The van der Waals surface area contributed by atoms with Gasteiger partial charge in [-0.25, -0.2) is 0 Å². The SMILES string of the molecule is COc1ccc(C2CCCCC2)cc1C#N. The van der Waals surface area contributed by atoms with Gasteiger partial charge in [0.2, 0.25) is 0 Å². The van der Waals surface area contributed by atoms with Gasteiger partial charge in [0.05, 0.1) is 12.7 Å². The maximum atomic E-state index is 9.04. The second kappa shape index (κ2) is 5.03. The number of ether oxygens (including phenoxy) is 1. The van der Waals surface area contributed by atoms with E-state index in [9.17, 15) is 0 Å². The molecule has 0 atom stereocenters. The van der Waals surface area contributed by atoms with Crippen molar-refractivity contribution in [2.24, 2.45) is 0 Å². The highest BCUT2D eigenvalue weighted by atomic mass is 16.5. The van der Waals surface area contributed by atoms with E-state index >= 15 is 0 Å². The molecular formula is C14H17NO. The summed E-state index contributed by atoms with van der Waals surface area (Å²) in [4.78, 5) is 0. The number of methoxy groups -OCH3 is 1. The standard InChI is InChI=1S/C14H17NO/c1-16-14-8-7-12(9-13(14)10-15)11-5-3-2-4-6-11/h7-9,11H,2-6H2,1H3. The van der Waals surface area contributed by atoms with Gasteiger partial charge in [0.1, 0.15) is 11.8 Å². The highest BCUT2D eigenvalue weighted by molar-refractivity contribution is 5.46. The number of nitrogens with zero attached hydrogens (tertiary/aromatic N) is 1. The highest BCUT2D eigenvalue weighted by Crippen LogP contribution is 2.34. The first kappa shape index (κ1) is 11.0. The first-order valence-corrected chi connectivity index (χ1v) is 5.93. The zero-order valence-corrected chi connectivity index (χ0v) is 9.70. The molecule has 1 saturated carbocycles. The molecule has 16 heavy (non-hydrogen) atoms. The van der Waals surface area contributed by atoms with Crippen molar-refractivity contribution in [3.8, 4) is 11.8 Å². The summed E-state index contributed by atoms with van der Waals surface area (Å²) in [6.07, 6.45) is 6.52. The minimum atomic E-state index is 0.645. The van der Waals surface area contributed by atoms with Crippen molar-refractivity contribution in [2.75, 3.05) is 7.11 Å². The molecular weight excluding hydrogens is 198 g/mol. The summed E-state index contributed by atoms with van der Waals surface area (Å²) in [7, 11) is 1.61. The van der Waals surface area contributed by atoms with Gasteiger partial charge < -0.3 is 4.74 Å². The van der Waals surface area contributed by atoms with Crippen LogP contribution < -0.4 is 4.74 Å². The van der Waals surface area contributed by atoms with Gasteiger partial charge in [0.25, 0.3) is 0 Å². The molecule has 2 rings (SSSR count). The van der Waals surface area contributed by atoms with Crippen LogP contribution in [0.4, 0.5) is 0 Å². The van der Waals surface area contributed by atoms with Gasteiger partial charge in [-0.3, -0.25) is 0 Å². The second-order valence-corrected chi connectivity index (χ2v) is 4.41. The van der Waals surface area contributed by atoms with E-state index in [1.54, 1.807) is 7.11 Å². The summed E-state index contributed by atoms with van der Waals surface area (Å²) in [5.74, 6) is 1.33. The van der Waals surface area contributed by atoms with Gasteiger partial charge in [0, 0.05) is 0 Å². The Morgan fingerprint density at radius 1 is 1.25 bits per heavy atom. The van der Waals surface area contributed by atoms with Crippen molar-refractivity contribution >= 4 is 0 Å². The van der Waals surface area contributed by atoms with Crippen LogP contribution in [0.15, 0.2) is 18.2 Å². The van der Waals surface area contributed by atoms with Crippen LogP contribution in [0.2, 0.25) is 0 Å². The second-order valence-electron chi connectivity index (χ2n) is 4.41. The van der Waals surface area contributed by atoms with Crippen molar-refractivity contribution in [3.63, 3.8) is 0 Å². The molecule has 1 aromatic carbocycles. The summed E-state index contributed by atoms with van der Waals surface area (Å²) in [5.41, 5.74) is 1.96. The smallest absolute Gasteiger partial charge is 0.136 e. The van der Waals surface area contributed by atoms with E-state index in [0.717, 1.165) is 0 Å². The minimum Gasteiger partial charge on any atom is -0.495 e. The van der Waals surface area contributed by atoms with Crippen LogP contribution >= 0.6 is 0 Å². The fourth-order valence-electron chi connectivity index (χ4n) is 2.50. The fourth-order valence-corrected chi connectivity index (χ4v) is 2.50. The Bertz CT molecular complexity index is 400. The van der Waals surface area contributed by atoms with Gasteiger partial charge >= 0.3 is 0 Å². The maximum Gasteiger partial charge on any atom is 0.136 e. The van der Waals surface area contributed by atoms with Crippen LogP contribution in [0.3, 0.4) is 0 Å².